The Labute approximate surface area is 150 Å². The van der Waals surface area contributed by atoms with Crippen LogP contribution >= 0.6 is 24.0 Å². The van der Waals surface area contributed by atoms with Crippen molar-refractivity contribution >= 4 is 45.1 Å². The Bertz CT molecular complexity index is 870. The maximum atomic E-state index is 11.4. The minimum atomic E-state index is -0.143. The first-order valence-corrected chi connectivity index (χ1v) is 9.21. The number of thiol groups is 1. The number of thiophene rings is 1. The van der Waals surface area contributed by atoms with Crippen molar-refractivity contribution in [2.24, 2.45) is 0 Å². The Morgan fingerprint density at radius 1 is 1.08 bits per heavy atom. The van der Waals surface area contributed by atoms with Gasteiger partial charge < -0.3 is 9.80 Å². The van der Waals surface area contributed by atoms with Gasteiger partial charge in [0.15, 0.2) is 0 Å². The Morgan fingerprint density at radius 3 is 2.54 bits per heavy atom. The maximum absolute atomic E-state index is 11.4. The van der Waals surface area contributed by atoms with Crippen molar-refractivity contribution < 1.29 is 4.79 Å². The molecule has 1 aliphatic rings. The smallest absolute Gasteiger partial charge is 0.278 e. The molecule has 4 rings (SSSR count). The topological polar surface area (TPSA) is 36.4 Å². The third-order valence-electron chi connectivity index (χ3n) is 4.35. The molecule has 1 aliphatic heterocycles. The number of nitrogens with zero attached hydrogens (tertiary/aromatic N) is 3. The molecular weight excluding hydrogens is 338 g/mol. The van der Waals surface area contributed by atoms with E-state index in [2.05, 4.69) is 47.2 Å². The van der Waals surface area contributed by atoms with Crippen LogP contribution in [0.1, 0.15) is 0 Å². The highest BCUT2D eigenvalue weighted by atomic mass is 32.1. The van der Waals surface area contributed by atoms with Crippen LogP contribution in [0.2, 0.25) is 0 Å². The first kappa shape index (κ1) is 15.5. The van der Waals surface area contributed by atoms with Gasteiger partial charge in [-0.1, -0.05) is 43.0 Å². The number of pyridine rings is 1. The Kier molecular flexibility index (Phi) is 4.16. The number of carbonyl (C=O) groups excluding carboxylic acids is 1. The van der Waals surface area contributed by atoms with Gasteiger partial charge in [-0.15, -0.1) is 11.3 Å². The molecular formula is C18H17N3OS2. The monoisotopic (exact) mass is 355 g/mol. The van der Waals surface area contributed by atoms with Crippen molar-refractivity contribution in [3.05, 3.63) is 47.8 Å². The van der Waals surface area contributed by atoms with Crippen LogP contribution in [0.3, 0.4) is 0 Å². The van der Waals surface area contributed by atoms with Crippen LogP contribution in [0.15, 0.2) is 47.8 Å². The molecule has 0 unspecified atom stereocenters. The van der Waals surface area contributed by atoms with E-state index >= 15 is 0 Å². The molecule has 0 aliphatic carbocycles. The number of aromatic nitrogens is 1. The van der Waals surface area contributed by atoms with Gasteiger partial charge in [-0.3, -0.25) is 4.79 Å². The van der Waals surface area contributed by atoms with E-state index in [0.29, 0.717) is 13.1 Å². The summed E-state index contributed by atoms with van der Waals surface area (Å²) in [6.45, 7) is 3.05. The number of hydrogen-bond acceptors (Lipinski definition) is 4. The highest BCUT2D eigenvalue weighted by Crippen LogP contribution is 2.34. The molecule has 0 radical (unpaired) electrons. The zero-order chi connectivity index (χ0) is 16.5. The third kappa shape index (κ3) is 2.87. The van der Waals surface area contributed by atoms with Gasteiger partial charge in [0.1, 0.15) is 0 Å². The lowest BCUT2D eigenvalue weighted by molar-refractivity contribution is 0.220. The summed E-state index contributed by atoms with van der Waals surface area (Å²) in [5.41, 5.74) is 4.35. The standard InChI is InChI=1S/C18H17N3OS2/c22-18(23)21-9-7-20(8-10-21)16-12-15(13-4-2-1-3-5-13)19-14-6-11-24-17(14)16/h1-6,11-12H,7-10H2,(H,22,23). The zero-order valence-electron chi connectivity index (χ0n) is 13.1. The van der Waals surface area contributed by atoms with Crippen LogP contribution in [0, 0.1) is 0 Å². The molecule has 0 saturated carbocycles. The average Bonchev–Trinajstić information content (AvgIpc) is 3.10. The molecule has 0 spiro atoms. The second-order valence-corrected chi connectivity index (χ2v) is 7.08. The lowest BCUT2D eigenvalue weighted by atomic mass is 10.1. The van der Waals surface area contributed by atoms with Gasteiger partial charge in [-0.2, -0.15) is 0 Å². The van der Waals surface area contributed by atoms with Gasteiger partial charge >= 0.3 is 0 Å². The second kappa shape index (κ2) is 6.45. The van der Waals surface area contributed by atoms with E-state index in [9.17, 15) is 4.79 Å². The van der Waals surface area contributed by atoms with E-state index in [-0.39, 0.29) is 5.24 Å². The number of amides is 1. The van der Waals surface area contributed by atoms with E-state index in [1.807, 2.05) is 18.2 Å². The molecule has 1 saturated heterocycles. The number of piperazine rings is 1. The fourth-order valence-electron chi connectivity index (χ4n) is 3.07. The normalized spacial score (nSPS) is 15.0. The number of hydrogen-bond donors (Lipinski definition) is 1. The maximum Gasteiger partial charge on any atom is 0.278 e. The van der Waals surface area contributed by atoms with Gasteiger partial charge in [0.25, 0.3) is 5.24 Å². The summed E-state index contributed by atoms with van der Waals surface area (Å²) in [7, 11) is 0. The molecule has 1 aromatic carbocycles. The van der Waals surface area contributed by atoms with Crippen molar-refractivity contribution in [2.45, 2.75) is 0 Å². The summed E-state index contributed by atoms with van der Waals surface area (Å²) in [5.74, 6) is 0. The van der Waals surface area contributed by atoms with E-state index in [1.54, 1.807) is 16.2 Å². The molecule has 6 heteroatoms. The summed E-state index contributed by atoms with van der Waals surface area (Å²) < 4.78 is 1.21. The minimum absolute atomic E-state index is 0.143. The fraction of sp³-hybridized carbons (Fsp3) is 0.222. The van der Waals surface area contributed by atoms with Crippen molar-refractivity contribution in [1.82, 2.24) is 9.88 Å². The molecule has 3 aromatic rings. The second-order valence-electron chi connectivity index (χ2n) is 5.78. The Morgan fingerprint density at radius 2 is 1.83 bits per heavy atom. The van der Waals surface area contributed by atoms with E-state index in [4.69, 9.17) is 4.98 Å². The molecule has 122 valence electrons. The number of carbonyl (C=O) groups is 1. The molecule has 4 nitrogen and oxygen atoms in total. The quantitative estimate of drug-likeness (QED) is 0.702. The average molecular weight is 355 g/mol. The molecule has 0 atom stereocenters. The van der Waals surface area contributed by atoms with Crippen LogP contribution in [0.5, 0.6) is 0 Å². The molecule has 2 aromatic heterocycles. The van der Waals surface area contributed by atoms with E-state index < -0.39 is 0 Å². The largest absolute Gasteiger partial charge is 0.367 e. The van der Waals surface area contributed by atoms with Crippen LogP contribution < -0.4 is 4.90 Å². The first-order valence-electron chi connectivity index (χ1n) is 7.89. The molecule has 1 amide bonds. The van der Waals surface area contributed by atoms with Gasteiger partial charge in [-0.25, -0.2) is 4.98 Å². The SMILES string of the molecule is O=C(S)N1CCN(c2cc(-c3ccccc3)nc3ccsc23)CC1. The number of fused-ring (bicyclic) bond motifs is 1. The molecule has 1 fully saturated rings. The van der Waals surface area contributed by atoms with Gasteiger partial charge in [0.2, 0.25) is 0 Å². The minimum Gasteiger partial charge on any atom is -0.367 e. The highest BCUT2D eigenvalue weighted by molar-refractivity contribution is 7.96. The summed E-state index contributed by atoms with van der Waals surface area (Å²) in [4.78, 5) is 20.4. The van der Waals surface area contributed by atoms with Gasteiger partial charge in [0, 0.05) is 31.7 Å². The van der Waals surface area contributed by atoms with Crippen molar-refractivity contribution in [3.8, 4) is 11.3 Å². The predicted molar refractivity (Wildman–Crippen MR) is 103 cm³/mol. The van der Waals surface area contributed by atoms with Gasteiger partial charge in [0.05, 0.1) is 21.6 Å². The summed E-state index contributed by atoms with van der Waals surface area (Å²) in [5, 5.41) is 1.94. The Balaban J connectivity index is 1.72. The van der Waals surface area contributed by atoms with Crippen LogP contribution in [0.25, 0.3) is 21.5 Å². The first-order chi connectivity index (χ1) is 11.7. The summed E-state index contributed by atoms with van der Waals surface area (Å²) in [6.07, 6.45) is 0. The molecule has 0 N–H and O–H groups in total. The summed E-state index contributed by atoms with van der Waals surface area (Å²) in [6, 6.07) is 14.5. The summed E-state index contributed by atoms with van der Waals surface area (Å²) >= 11 is 5.65. The van der Waals surface area contributed by atoms with Crippen molar-refractivity contribution in [1.29, 1.82) is 0 Å². The number of benzene rings is 1. The number of anilines is 1. The zero-order valence-corrected chi connectivity index (χ0v) is 14.8. The highest BCUT2D eigenvalue weighted by Gasteiger charge is 2.22. The van der Waals surface area contributed by atoms with E-state index in [1.165, 1.54) is 10.4 Å². The van der Waals surface area contributed by atoms with Crippen LogP contribution in [0.4, 0.5) is 10.5 Å². The number of rotatable bonds is 2. The fourth-order valence-corrected chi connectivity index (χ4v) is 4.15. The van der Waals surface area contributed by atoms with E-state index in [0.717, 1.165) is 29.9 Å². The van der Waals surface area contributed by atoms with Crippen LogP contribution in [-0.4, -0.2) is 41.3 Å². The lowest BCUT2D eigenvalue weighted by Gasteiger charge is -2.35. The van der Waals surface area contributed by atoms with Crippen LogP contribution in [-0.2, 0) is 0 Å². The van der Waals surface area contributed by atoms with Crippen molar-refractivity contribution in [2.75, 3.05) is 31.1 Å². The van der Waals surface area contributed by atoms with Crippen molar-refractivity contribution in [3.63, 3.8) is 0 Å². The molecule has 3 heterocycles. The predicted octanol–water partition coefficient (Wildman–Crippen LogP) is 4.14. The third-order valence-corrected chi connectivity index (χ3v) is 5.56. The lowest BCUT2D eigenvalue weighted by Crippen LogP contribution is -2.47. The Hall–Kier alpha value is -2.05. The van der Waals surface area contributed by atoms with Gasteiger partial charge in [-0.05, 0) is 17.5 Å². The molecule has 24 heavy (non-hydrogen) atoms. The molecule has 0 bridgehead atoms.